The third-order valence-electron chi connectivity index (χ3n) is 2.92. The summed E-state index contributed by atoms with van der Waals surface area (Å²) < 4.78 is 1.52. The Morgan fingerprint density at radius 2 is 1.95 bits per heavy atom. The number of hydrogen-bond donors (Lipinski definition) is 1. The normalized spacial score (nSPS) is 10.7. The summed E-state index contributed by atoms with van der Waals surface area (Å²) in [6, 6.07) is 14.2. The molecule has 0 amide bonds. The van der Waals surface area contributed by atoms with Crippen LogP contribution in [0.2, 0.25) is 0 Å². The van der Waals surface area contributed by atoms with E-state index in [9.17, 15) is 4.79 Å². The van der Waals surface area contributed by atoms with Gasteiger partial charge in [-0.1, -0.05) is 41.6 Å². The lowest BCUT2D eigenvalue weighted by atomic mass is 10.1. The first kappa shape index (κ1) is 11.4. The minimum atomic E-state index is -1.07. The van der Waals surface area contributed by atoms with Gasteiger partial charge in [-0.15, -0.1) is 5.10 Å². The Morgan fingerprint density at radius 1 is 1.16 bits per heavy atom. The monoisotopic (exact) mass is 253 g/mol. The van der Waals surface area contributed by atoms with Crippen LogP contribution in [0.3, 0.4) is 0 Å². The maximum atomic E-state index is 10.7. The molecule has 1 aromatic heterocycles. The molecule has 2 aromatic carbocycles. The van der Waals surface area contributed by atoms with Crippen molar-refractivity contribution in [3.63, 3.8) is 0 Å². The van der Waals surface area contributed by atoms with Gasteiger partial charge < -0.3 is 5.11 Å². The molecule has 0 aliphatic carbocycles. The number of carboxylic acids is 1. The van der Waals surface area contributed by atoms with Crippen molar-refractivity contribution in [2.45, 2.75) is 6.54 Å². The number of nitrogens with zero attached hydrogens (tertiary/aromatic N) is 3. The molecule has 0 radical (unpaired) electrons. The van der Waals surface area contributed by atoms with E-state index in [1.165, 1.54) is 16.3 Å². The molecule has 1 heterocycles. The van der Waals surface area contributed by atoms with Crippen LogP contribution in [0.1, 0.15) is 16.1 Å². The van der Waals surface area contributed by atoms with Crippen LogP contribution in [0, 0.1) is 0 Å². The number of fused-ring (bicyclic) bond motifs is 1. The van der Waals surface area contributed by atoms with Gasteiger partial charge in [-0.05, 0) is 22.4 Å². The summed E-state index contributed by atoms with van der Waals surface area (Å²) in [7, 11) is 0. The van der Waals surface area contributed by atoms with Crippen molar-refractivity contribution < 1.29 is 9.90 Å². The number of benzene rings is 2. The van der Waals surface area contributed by atoms with Crippen molar-refractivity contribution in [1.29, 1.82) is 0 Å². The highest BCUT2D eigenvalue weighted by Gasteiger charge is 2.08. The molecule has 5 heteroatoms. The molecule has 0 saturated carbocycles. The van der Waals surface area contributed by atoms with Crippen LogP contribution < -0.4 is 0 Å². The largest absolute Gasteiger partial charge is 0.476 e. The summed E-state index contributed by atoms with van der Waals surface area (Å²) in [6.45, 7) is 0.505. The molecule has 1 N–H and O–H groups in total. The third-order valence-corrected chi connectivity index (χ3v) is 2.92. The van der Waals surface area contributed by atoms with E-state index in [4.69, 9.17) is 5.11 Å². The first-order valence-corrected chi connectivity index (χ1v) is 5.83. The van der Waals surface area contributed by atoms with Gasteiger partial charge in [0.15, 0.2) is 5.69 Å². The molecule has 94 valence electrons. The quantitative estimate of drug-likeness (QED) is 0.776. The minimum Gasteiger partial charge on any atom is -0.476 e. The molecule has 0 fully saturated rings. The van der Waals surface area contributed by atoms with Gasteiger partial charge in [-0.2, -0.15) is 0 Å². The molecule has 0 aliphatic rings. The van der Waals surface area contributed by atoms with E-state index in [1.54, 1.807) is 0 Å². The van der Waals surface area contributed by atoms with Gasteiger partial charge in [0.05, 0.1) is 12.7 Å². The highest BCUT2D eigenvalue weighted by Crippen LogP contribution is 2.16. The van der Waals surface area contributed by atoms with Crippen LogP contribution in [0.15, 0.2) is 48.7 Å². The second-order valence-electron chi connectivity index (χ2n) is 4.29. The lowest BCUT2D eigenvalue weighted by molar-refractivity contribution is 0.0690. The fraction of sp³-hybridized carbons (Fsp3) is 0.0714. The molecule has 0 aliphatic heterocycles. The SMILES string of the molecule is O=C(O)c1cn(Cc2ccc3ccccc3c2)nn1. The average Bonchev–Trinajstić information content (AvgIpc) is 2.87. The number of carboxylic acid groups (broad SMARTS) is 1. The van der Waals surface area contributed by atoms with E-state index in [2.05, 4.69) is 22.4 Å². The van der Waals surface area contributed by atoms with Crippen molar-refractivity contribution >= 4 is 16.7 Å². The fourth-order valence-corrected chi connectivity index (χ4v) is 2.00. The van der Waals surface area contributed by atoms with Crippen molar-refractivity contribution in [1.82, 2.24) is 15.0 Å². The predicted octanol–water partition coefficient (Wildman–Crippen LogP) is 2.18. The molecule has 3 rings (SSSR count). The van der Waals surface area contributed by atoms with E-state index in [0.717, 1.165) is 10.9 Å². The zero-order valence-corrected chi connectivity index (χ0v) is 10.0. The molecular weight excluding hydrogens is 242 g/mol. The van der Waals surface area contributed by atoms with Crippen molar-refractivity contribution in [3.8, 4) is 0 Å². The first-order valence-electron chi connectivity index (χ1n) is 5.83. The Balaban J connectivity index is 1.89. The van der Waals surface area contributed by atoms with Gasteiger partial charge in [-0.25, -0.2) is 9.48 Å². The maximum Gasteiger partial charge on any atom is 0.358 e. The summed E-state index contributed by atoms with van der Waals surface area (Å²) in [5.74, 6) is -1.07. The van der Waals surface area contributed by atoms with E-state index < -0.39 is 5.97 Å². The molecule has 0 unspecified atom stereocenters. The van der Waals surface area contributed by atoms with Crippen LogP contribution >= 0.6 is 0 Å². The molecule has 0 atom stereocenters. The Morgan fingerprint density at radius 3 is 2.68 bits per heavy atom. The highest BCUT2D eigenvalue weighted by atomic mass is 16.4. The molecule has 5 nitrogen and oxygen atoms in total. The number of carbonyl (C=O) groups is 1. The number of aromatic carboxylic acids is 1. The molecule has 0 spiro atoms. The maximum absolute atomic E-state index is 10.7. The molecule has 3 aromatic rings. The van der Waals surface area contributed by atoms with Crippen molar-refractivity contribution in [2.24, 2.45) is 0 Å². The van der Waals surface area contributed by atoms with Gasteiger partial charge in [0.25, 0.3) is 0 Å². The standard InChI is InChI=1S/C14H11N3O2/c18-14(19)13-9-17(16-15-13)8-10-5-6-11-3-1-2-4-12(11)7-10/h1-7,9H,8H2,(H,18,19). The Labute approximate surface area is 109 Å². The van der Waals surface area contributed by atoms with Gasteiger partial charge in [0.1, 0.15) is 0 Å². The fourth-order valence-electron chi connectivity index (χ4n) is 2.00. The van der Waals surface area contributed by atoms with Gasteiger partial charge >= 0.3 is 5.97 Å². The van der Waals surface area contributed by atoms with Crippen molar-refractivity contribution in [2.75, 3.05) is 0 Å². The Bertz CT molecular complexity index is 749. The molecule has 0 bridgehead atoms. The van der Waals surface area contributed by atoms with Gasteiger partial charge in [0, 0.05) is 0 Å². The van der Waals surface area contributed by atoms with E-state index >= 15 is 0 Å². The zero-order chi connectivity index (χ0) is 13.2. The summed E-state index contributed by atoms with van der Waals surface area (Å²) in [4.78, 5) is 10.7. The van der Waals surface area contributed by atoms with Crippen LogP contribution in [-0.4, -0.2) is 26.1 Å². The second-order valence-corrected chi connectivity index (χ2v) is 4.29. The van der Waals surface area contributed by atoms with E-state index in [0.29, 0.717) is 6.54 Å². The molecule has 0 saturated heterocycles. The van der Waals surface area contributed by atoms with Gasteiger partial charge in [-0.3, -0.25) is 0 Å². The minimum absolute atomic E-state index is 0.0409. The Hall–Kier alpha value is -2.69. The van der Waals surface area contributed by atoms with Gasteiger partial charge in [0.2, 0.25) is 0 Å². The third kappa shape index (κ3) is 2.30. The number of hydrogen-bond acceptors (Lipinski definition) is 3. The van der Waals surface area contributed by atoms with Crippen LogP contribution in [0.5, 0.6) is 0 Å². The lowest BCUT2D eigenvalue weighted by Gasteiger charge is -2.03. The average molecular weight is 253 g/mol. The Kier molecular flexibility index (Phi) is 2.72. The summed E-state index contributed by atoms with van der Waals surface area (Å²) in [6.07, 6.45) is 1.43. The summed E-state index contributed by atoms with van der Waals surface area (Å²) >= 11 is 0. The first-order chi connectivity index (χ1) is 9.22. The second kappa shape index (κ2) is 4.53. The van der Waals surface area contributed by atoms with E-state index in [1.807, 2.05) is 30.3 Å². The zero-order valence-electron chi connectivity index (χ0n) is 10.0. The number of aromatic nitrogens is 3. The highest BCUT2D eigenvalue weighted by molar-refractivity contribution is 5.84. The summed E-state index contributed by atoms with van der Waals surface area (Å²) in [5.41, 5.74) is 1.02. The van der Waals surface area contributed by atoms with Crippen molar-refractivity contribution in [3.05, 3.63) is 59.9 Å². The lowest BCUT2D eigenvalue weighted by Crippen LogP contribution is -2.00. The van der Waals surface area contributed by atoms with Crippen LogP contribution in [-0.2, 0) is 6.54 Å². The van der Waals surface area contributed by atoms with Crippen LogP contribution in [0.25, 0.3) is 10.8 Å². The topological polar surface area (TPSA) is 68.0 Å². The molecular formula is C14H11N3O2. The van der Waals surface area contributed by atoms with E-state index in [-0.39, 0.29) is 5.69 Å². The number of rotatable bonds is 3. The molecule has 19 heavy (non-hydrogen) atoms. The summed E-state index contributed by atoms with van der Waals surface area (Å²) in [5, 5.41) is 18.5. The van der Waals surface area contributed by atoms with Crippen LogP contribution in [0.4, 0.5) is 0 Å². The smallest absolute Gasteiger partial charge is 0.358 e. The predicted molar refractivity (Wildman–Crippen MR) is 70.0 cm³/mol.